The van der Waals surface area contributed by atoms with Crippen molar-refractivity contribution >= 4 is 0 Å². The van der Waals surface area contributed by atoms with Gasteiger partial charge in [-0.15, -0.1) is 0 Å². The first-order valence-electron chi connectivity index (χ1n) is 6.51. The number of rotatable bonds is 3. The molecule has 1 aromatic rings. The van der Waals surface area contributed by atoms with E-state index >= 15 is 0 Å². The molecule has 0 unspecified atom stereocenters. The quantitative estimate of drug-likeness (QED) is 0.883. The van der Waals surface area contributed by atoms with Crippen LogP contribution in [-0.4, -0.2) is 26.7 Å². The smallest absolute Gasteiger partial charge is 0.319 e. The van der Waals surface area contributed by atoms with E-state index in [1.807, 2.05) is 13.1 Å². The van der Waals surface area contributed by atoms with Crippen LogP contribution < -0.4 is 10.6 Å². The van der Waals surface area contributed by atoms with Crippen molar-refractivity contribution in [2.24, 2.45) is 0 Å². The molecule has 2 rings (SSSR count). The minimum Gasteiger partial charge on any atom is -0.319 e. The van der Waals surface area contributed by atoms with E-state index in [2.05, 4.69) is 10.6 Å². The van der Waals surface area contributed by atoms with Crippen molar-refractivity contribution in [2.45, 2.75) is 24.4 Å². The second-order valence-corrected chi connectivity index (χ2v) is 5.14. The molecule has 106 valence electrons. The fourth-order valence-corrected chi connectivity index (χ4v) is 2.84. The van der Waals surface area contributed by atoms with Crippen LogP contribution in [-0.2, 0) is 11.6 Å². The molecule has 1 saturated heterocycles. The van der Waals surface area contributed by atoms with Gasteiger partial charge in [0, 0.05) is 12.0 Å². The molecule has 0 aliphatic carbocycles. The largest absolute Gasteiger partial charge is 0.416 e. The van der Waals surface area contributed by atoms with Gasteiger partial charge in [-0.1, -0.05) is 18.2 Å². The highest BCUT2D eigenvalue weighted by Crippen LogP contribution is 2.36. The normalized spacial score (nSPS) is 19.4. The first kappa shape index (κ1) is 14.3. The second kappa shape index (κ2) is 5.51. The molecule has 2 N–H and O–H groups in total. The average molecular weight is 272 g/mol. The lowest BCUT2D eigenvalue weighted by Gasteiger charge is -2.38. The molecular weight excluding hydrogens is 253 g/mol. The molecule has 1 fully saturated rings. The molecule has 0 spiro atoms. The summed E-state index contributed by atoms with van der Waals surface area (Å²) < 4.78 is 38.5. The Morgan fingerprint density at radius 2 is 1.95 bits per heavy atom. The van der Waals surface area contributed by atoms with Gasteiger partial charge in [-0.2, -0.15) is 13.2 Å². The predicted molar refractivity (Wildman–Crippen MR) is 69.2 cm³/mol. The van der Waals surface area contributed by atoms with Gasteiger partial charge in [0.2, 0.25) is 0 Å². The molecule has 0 amide bonds. The van der Waals surface area contributed by atoms with Crippen LogP contribution in [0.5, 0.6) is 0 Å². The monoisotopic (exact) mass is 272 g/mol. The number of hydrogen-bond donors (Lipinski definition) is 2. The zero-order chi connectivity index (χ0) is 13.9. The fraction of sp³-hybridized carbons (Fsp3) is 0.571. The maximum absolute atomic E-state index is 12.8. The minimum absolute atomic E-state index is 0.193. The summed E-state index contributed by atoms with van der Waals surface area (Å²) in [5.74, 6) is 0. The Hall–Kier alpha value is -1.07. The number of nitrogens with one attached hydrogen (secondary N) is 2. The van der Waals surface area contributed by atoms with Crippen LogP contribution in [0.15, 0.2) is 24.3 Å². The van der Waals surface area contributed by atoms with Crippen molar-refractivity contribution in [3.63, 3.8) is 0 Å². The Balaban J connectivity index is 2.36. The van der Waals surface area contributed by atoms with Crippen molar-refractivity contribution in [1.29, 1.82) is 0 Å². The lowest BCUT2D eigenvalue weighted by Crippen LogP contribution is -2.45. The van der Waals surface area contributed by atoms with Gasteiger partial charge in [0.1, 0.15) is 0 Å². The SMILES string of the molecule is CNCC1(c2cccc(C(F)(F)F)c2)CCNCC1. The summed E-state index contributed by atoms with van der Waals surface area (Å²) in [5, 5.41) is 6.39. The third-order valence-electron chi connectivity index (χ3n) is 3.88. The van der Waals surface area contributed by atoms with E-state index in [-0.39, 0.29) is 5.41 Å². The van der Waals surface area contributed by atoms with Gasteiger partial charge >= 0.3 is 6.18 Å². The molecule has 2 nitrogen and oxygen atoms in total. The van der Waals surface area contributed by atoms with Crippen LogP contribution in [0.25, 0.3) is 0 Å². The summed E-state index contributed by atoms with van der Waals surface area (Å²) in [6.07, 6.45) is -2.56. The van der Waals surface area contributed by atoms with Gasteiger partial charge in [-0.3, -0.25) is 0 Å². The first-order chi connectivity index (χ1) is 8.98. The Morgan fingerprint density at radius 1 is 1.26 bits per heavy atom. The Bertz CT molecular complexity index is 417. The first-order valence-corrected chi connectivity index (χ1v) is 6.51. The van der Waals surface area contributed by atoms with E-state index in [0.717, 1.165) is 37.6 Å². The van der Waals surface area contributed by atoms with Crippen molar-refractivity contribution < 1.29 is 13.2 Å². The highest BCUT2D eigenvalue weighted by molar-refractivity contribution is 5.33. The number of piperidine rings is 1. The molecule has 0 saturated carbocycles. The third-order valence-corrected chi connectivity index (χ3v) is 3.88. The van der Waals surface area contributed by atoms with Gasteiger partial charge in [0.05, 0.1) is 5.56 Å². The second-order valence-electron chi connectivity index (χ2n) is 5.14. The van der Waals surface area contributed by atoms with E-state index in [0.29, 0.717) is 6.54 Å². The Morgan fingerprint density at radius 3 is 2.53 bits per heavy atom. The molecule has 0 aromatic heterocycles. The summed E-state index contributed by atoms with van der Waals surface area (Å²) in [4.78, 5) is 0. The van der Waals surface area contributed by atoms with Crippen molar-refractivity contribution in [2.75, 3.05) is 26.7 Å². The van der Waals surface area contributed by atoms with E-state index in [4.69, 9.17) is 0 Å². The zero-order valence-electron chi connectivity index (χ0n) is 11.0. The van der Waals surface area contributed by atoms with Crippen LogP contribution in [0.1, 0.15) is 24.0 Å². The lowest BCUT2D eigenvalue weighted by atomic mass is 9.72. The molecule has 0 atom stereocenters. The molecular formula is C14H19F3N2. The van der Waals surface area contributed by atoms with E-state index in [1.54, 1.807) is 0 Å². The van der Waals surface area contributed by atoms with Crippen molar-refractivity contribution in [3.05, 3.63) is 35.4 Å². The van der Waals surface area contributed by atoms with Crippen LogP contribution in [0, 0.1) is 0 Å². The summed E-state index contributed by atoms with van der Waals surface area (Å²) in [6, 6.07) is 5.77. The fourth-order valence-electron chi connectivity index (χ4n) is 2.84. The van der Waals surface area contributed by atoms with Crippen LogP contribution in [0.3, 0.4) is 0 Å². The zero-order valence-corrected chi connectivity index (χ0v) is 11.0. The van der Waals surface area contributed by atoms with E-state index < -0.39 is 11.7 Å². The van der Waals surface area contributed by atoms with Gasteiger partial charge in [-0.25, -0.2) is 0 Å². The van der Waals surface area contributed by atoms with Gasteiger partial charge < -0.3 is 10.6 Å². The van der Waals surface area contributed by atoms with E-state index in [9.17, 15) is 13.2 Å². The minimum atomic E-state index is -4.27. The maximum atomic E-state index is 12.8. The molecule has 1 heterocycles. The highest BCUT2D eigenvalue weighted by atomic mass is 19.4. The standard InChI is InChI=1S/C14H19F3N2/c1-18-10-13(5-7-19-8-6-13)11-3-2-4-12(9-11)14(15,16)17/h2-4,9,18-19H,5-8,10H2,1H3. The molecule has 19 heavy (non-hydrogen) atoms. The van der Waals surface area contributed by atoms with Gasteiger partial charge in [0.15, 0.2) is 0 Å². The molecule has 1 aromatic carbocycles. The summed E-state index contributed by atoms with van der Waals surface area (Å²) in [5.41, 5.74) is 0.0403. The van der Waals surface area contributed by atoms with E-state index in [1.165, 1.54) is 12.1 Å². The summed E-state index contributed by atoms with van der Waals surface area (Å²) in [7, 11) is 1.84. The molecule has 0 radical (unpaired) electrons. The third kappa shape index (κ3) is 3.09. The molecule has 0 bridgehead atoms. The Labute approximate surface area is 111 Å². The molecule has 1 aliphatic rings. The van der Waals surface area contributed by atoms with Crippen molar-refractivity contribution in [3.8, 4) is 0 Å². The van der Waals surface area contributed by atoms with Crippen LogP contribution in [0.4, 0.5) is 13.2 Å². The van der Waals surface area contributed by atoms with Crippen LogP contribution >= 0.6 is 0 Å². The number of alkyl halides is 3. The predicted octanol–water partition coefficient (Wildman–Crippen LogP) is 2.55. The molecule has 1 aliphatic heterocycles. The Kier molecular flexibility index (Phi) is 4.16. The molecule has 5 heteroatoms. The number of likely N-dealkylation sites (N-methyl/N-ethyl adjacent to an activating group) is 1. The van der Waals surface area contributed by atoms with Crippen LogP contribution in [0.2, 0.25) is 0 Å². The average Bonchev–Trinajstić information content (AvgIpc) is 2.39. The topological polar surface area (TPSA) is 24.1 Å². The lowest BCUT2D eigenvalue weighted by molar-refractivity contribution is -0.137. The number of hydrogen-bond acceptors (Lipinski definition) is 2. The summed E-state index contributed by atoms with van der Waals surface area (Å²) >= 11 is 0. The highest BCUT2D eigenvalue weighted by Gasteiger charge is 2.36. The number of benzene rings is 1. The maximum Gasteiger partial charge on any atom is 0.416 e. The van der Waals surface area contributed by atoms with Gasteiger partial charge in [0.25, 0.3) is 0 Å². The van der Waals surface area contributed by atoms with Gasteiger partial charge in [-0.05, 0) is 44.6 Å². The van der Waals surface area contributed by atoms with Crippen molar-refractivity contribution in [1.82, 2.24) is 10.6 Å². The summed E-state index contributed by atoms with van der Waals surface area (Å²) in [6.45, 7) is 2.39. The number of halogens is 3.